The number of cyclic esters (lactones) is 1. The molecular formula is C50H60N8O8. The zero-order chi connectivity index (χ0) is 47.4. The molecule has 7 rings (SSSR count). The summed E-state index contributed by atoms with van der Waals surface area (Å²) in [4.78, 5) is 76.9. The Kier molecular flexibility index (Phi) is 14.3. The van der Waals surface area contributed by atoms with Crippen LogP contribution in [0, 0.1) is 28.6 Å². The molecule has 2 saturated heterocycles. The topological polar surface area (TPSA) is 199 Å². The number of hydrogen-bond donors (Lipinski definition) is 3. The van der Waals surface area contributed by atoms with E-state index in [-0.39, 0.29) is 62.8 Å². The fraction of sp³-hybridized carbons (Fsp3) is 0.460. The zero-order valence-corrected chi connectivity index (χ0v) is 38.6. The average molecular weight is 901 g/mol. The van der Waals surface area contributed by atoms with Crippen molar-refractivity contribution in [2.75, 3.05) is 40.4 Å². The number of phenols is 1. The number of likely N-dealkylation sites (N-methyl/N-ethyl adjacent to an activating group) is 1. The highest BCUT2D eigenvalue weighted by atomic mass is 16.5. The lowest BCUT2D eigenvalue weighted by Crippen LogP contribution is -2.62. The molecule has 4 aromatic rings. The van der Waals surface area contributed by atoms with Crippen LogP contribution in [0.25, 0.3) is 33.3 Å². The van der Waals surface area contributed by atoms with Gasteiger partial charge in [-0.3, -0.25) is 34.0 Å². The zero-order valence-electron chi connectivity index (χ0n) is 38.6. The summed E-state index contributed by atoms with van der Waals surface area (Å²) in [6, 6.07) is 14.1. The largest absolute Gasteiger partial charge is 0.508 e. The van der Waals surface area contributed by atoms with Gasteiger partial charge in [-0.2, -0.15) is 5.26 Å². The van der Waals surface area contributed by atoms with Crippen molar-refractivity contribution in [1.29, 1.82) is 5.26 Å². The van der Waals surface area contributed by atoms with Gasteiger partial charge in [0.2, 0.25) is 17.7 Å². The number of phenolic OH excluding ortho intramolecular Hbond substituents is 1. The molecule has 16 nitrogen and oxygen atoms in total. The second-order valence-electron chi connectivity index (χ2n) is 18.8. The van der Waals surface area contributed by atoms with Gasteiger partial charge in [0, 0.05) is 68.3 Å². The summed E-state index contributed by atoms with van der Waals surface area (Å²) >= 11 is 0. The maximum absolute atomic E-state index is 14.7. The molecule has 2 aromatic heterocycles. The van der Waals surface area contributed by atoms with Crippen LogP contribution in [0.2, 0.25) is 0 Å². The van der Waals surface area contributed by atoms with Crippen LogP contribution in [0.3, 0.4) is 0 Å². The molecule has 0 saturated carbocycles. The Morgan fingerprint density at radius 1 is 1.14 bits per heavy atom. The van der Waals surface area contributed by atoms with E-state index in [4.69, 9.17) is 9.47 Å². The quantitative estimate of drug-likeness (QED) is 0.144. The Bertz CT molecular complexity index is 2580. The smallest absolute Gasteiger partial charge is 0.324 e. The number of methoxy groups -OCH3 is 1. The van der Waals surface area contributed by atoms with E-state index in [0.717, 1.165) is 33.3 Å². The number of likely N-dealkylation sites (tertiary alicyclic amines) is 1. The number of hydrogen-bond acceptors (Lipinski definition) is 11. The van der Waals surface area contributed by atoms with E-state index in [1.165, 1.54) is 16.0 Å². The molecule has 5 heterocycles. The predicted octanol–water partition coefficient (Wildman–Crippen LogP) is 4.91. The fourth-order valence-electron chi connectivity index (χ4n) is 9.72. The van der Waals surface area contributed by atoms with Crippen molar-refractivity contribution in [3.63, 3.8) is 0 Å². The summed E-state index contributed by atoms with van der Waals surface area (Å²) in [5, 5.41) is 26.7. The minimum atomic E-state index is -1.19. The van der Waals surface area contributed by atoms with E-state index in [9.17, 15) is 34.3 Å². The number of carbonyl (C=O) groups excluding carboxylic acids is 5. The normalized spacial score (nSPS) is 20.3. The van der Waals surface area contributed by atoms with Crippen molar-refractivity contribution in [2.45, 2.75) is 91.1 Å². The lowest BCUT2D eigenvalue weighted by molar-refractivity contribution is -0.155. The Hall–Kier alpha value is -6.57. The van der Waals surface area contributed by atoms with Crippen molar-refractivity contribution in [2.24, 2.45) is 17.3 Å². The first kappa shape index (κ1) is 47.4. The minimum Gasteiger partial charge on any atom is -0.508 e. The summed E-state index contributed by atoms with van der Waals surface area (Å²) in [6.07, 6.45) is 4.66. The van der Waals surface area contributed by atoms with Crippen molar-refractivity contribution in [3.8, 4) is 34.2 Å². The molecule has 0 radical (unpaired) electrons. The number of amides is 4. The van der Waals surface area contributed by atoms with Crippen LogP contribution in [-0.4, -0.2) is 118 Å². The number of nitriles is 1. The van der Waals surface area contributed by atoms with Crippen molar-refractivity contribution in [3.05, 3.63) is 84.2 Å². The molecule has 2 aromatic carbocycles. The molecule has 3 N–H and O–H groups in total. The third-order valence-corrected chi connectivity index (χ3v) is 12.9. The summed E-state index contributed by atoms with van der Waals surface area (Å²) < 4.78 is 13.6. The molecule has 348 valence electrons. The van der Waals surface area contributed by atoms with E-state index in [2.05, 4.69) is 28.4 Å². The van der Waals surface area contributed by atoms with Gasteiger partial charge in [-0.25, -0.2) is 5.43 Å². The van der Waals surface area contributed by atoms with Crippen LogP contribution in [0.1, 0.15) is 63.8 Å². The number of hydrazine groups is 1. The van der Waals surface area contributed by atoms with Gasteiger partial charge in [0.05, 0.1) is 36.6 Å². The molecule has 3 aliphatic rings. The molecular weight excluding hydrogens is 841 g/mol. The van der Waals surface area contributed by atoms with E-state index in [0.29, 0.717) is 49.0 Å². The van der Waals surface area contributed by atoms with Gasteiger partial charge >= 0.3 is 5.97 Å². The first-order valence-electron chi connectivity index (χ1n) is 22.5. The van der Waals surface area contributed by atoms with Crippen LogP contribution in [0.5, 0.6) is 5.75 Å². The number of nitrogens with one attached hydrogen (secondary N) is 2. The maximum Gasteiger partial charge on any atom is 0.324 e. The van der Waals surface area contributed by atoms with E-state index in [1.807, 2.05) is 68.7 Å². The molecule has 0 aliphatic carbocycles. The first-order valence-corrected chi connectivity index (χ1v) is 22.5. The predicted molar refractivity (Wildman–Crippen MR) is 247 cm³/mol. The van der Waals surface area contributed by atoms with E-state index < -0.39 is 47.2 Å². The summed E-state index contributed by atoms with van der Waals surface area (Å²) in [7, 11) is 3.17. The van der Waals surface area contributed by atoms with Crippen molar-refractivity contribution < 1.29 is 38.6 Å². The lowest BCUT2D eigenvalue weighted by Gasteiger charge is -2.37. The van der Waals surface area contributed by atoms with E-state index in [1.54, 1.807) is 37.4 Å². The van der Waals surface area contributed by atoms with Crippen molar-refractivity contribution in [1.82, 2.24) is 35.1 Å². The van der Waals surface area contributed by atoms with Crippen LogP contribution < -0.4 is 10.7 Å². The second-order valence-corrected chi connectivity index (χ2v) is 18.8. The van der Waals surface area contributed by atoms with Gasteiger partial charge in [-0.05, 0) is 96.3 Å². The summed E-state index contributed by atoms with van der Waals surface area (Å²) in [5.41, 5.74) is 8.45. The van der Waals surface area contributed by atoms with Crippen LogP contribution in [0.15, 0.2) is 67.4 Å². The number of fused-ring (bicyclic) bond motifs is 6. The number of pyridine rings is 1. The number of benzene rings is 2. The minimum absolute atomic E-state index is 0.0424. The standard InChI is InChI=1S/C50H60N8O8/c1-8-43(60)56-19-15-33(27-56)47(62)55(6)44(30(2)3)46(61)53-40-23-31-21-34(24-35(59)22-31)32-13-14-42-37(25-32)38(45(57(42)20-16-51)36-11-9-17-52-41(36)28-65-7)26-50(4,5)29-66-49(64)39-12-10-18-58(54-39)48(40)63/h8-9,11,13-14,17,21-22,24-25,30,33,39-40,44,54,59H,1,10,12,15,18-20,23,26-29H2,2-7H3,(H,53,61)/t33-,39-,40-,44-/m0/s1. The van der Waals surface area contributed by atoms with Crippen molar-refractivity contribution >= 4 is 40.5 Å². The number of ether oxygens (including phenoxy) is 2. The van der Waals surface area contributed by atoms with Crippen LogP contribution in [0.4, 0.5) is 0 Å². The maximum atomic E-state index is 14.7. The molecule has 66 heavy (non-hydrogen) atoms. The van der Waals surface area contributed by atoms with Gasteiger partial charge in [-0.15, -0.1) is 0 Å². The number of aromatic nitrogens is 2. The number of nitrogens with zero attached hydrogens (tertiary/aromatic N) is 6. The molecule has 3 aliphatic heterocycles. The number of carbonyl (C=O) groups is 5. The third-order valence-electron chi connectivity index (χ3n) is 12.9. The Labute approximate surface area is 385 Å². The van der Waals surface area contributed by atoms with Gasteiger partial charge in [-0.1, -0.05) is 46.4 Å². The van der Waals surface area contributed by atoms with Crippen LogP contribution >= 0.6 is 0 Å². The number of aromatic hydroxyl groups is 1. The highest BCUT2D eigenvalue weighted by Crippen LogP contribution is 2.41. The molecule has 4 amide bonds. The molecule has 16 heteroatoms. The monoisotopic (exact) mass is 900 g/mol. The third kappa shape index (κ3) is 9.97. The van der Waals surface area contributed by atoms with Gasteiger partial charge in [0.15, 0.2) is 0 Å². The SMILES string of the molecule is C=CC(=O)N1CC[C@H](C(=O)N(C)[C@H](C(=O)N[C@H]2Cc3cc(O)cc(c3)-c3ccc4c(c3)c(c(-c3cccnc3COC)n4CC#N)CC(C)(C)COC(=O)[C@@H]3CCCN(N3)C2=O)C(C)C)C1. The highest BCUT2D eigenvalue weighted by Gasteiger charge is 2.40. The first-order chi connectivity index (χ1) is 31.5. The summed E-state index contributed by atoms with van der Waals surface area (Å²) in [6.45, 7) is 12.4. The van der Waals surface area contributed by atoms with Gasteiger partial charge in [0.1, 0.15) is 30.4 Å². The number of rotatable bonds is 10. The second kappa shape index (κ2) is 19.9. The molecule has 6 bridgehead atoms. The fourth-order valence-corrected chi connectivity index (χ4v) is 9.72. The average Bonchev–Trinajstić information content (AvgIpc) is 3.90. The van der Waals surface area contributed by atoms with E-state index >= 15 is 0 Å². The molecule has 2 fully saturated rings. The van der Waals surface area contributed by atoms with Gasteiger partial charge in [0.25, 0.3) is 5.91 Å². The highest BCUT2D eigenvalue weighted by molar-refractivity contribution is 5.96. The Balaban J connectivity index is 1.31. The Morgan fingerprint density at radius 2 is 1.92 bits per heavy atom. The molecule has 0 unspecified atom stereocenters. The lowest BCUT2D eigenvalue weighted by atomic mass is 9.84. The summed E-state index contributed by atoms with van der Waals surface area (Å²) in [5.74, 6) is -3.05. The Morgan fingerprint density at radius 3 is 2.65 bits per heavy atom. The molecule has 4 atom stereocenters. The molecule has 0 spiro atoms. The number of esters is 1. The van der Waals surface area contributed by atoms with Crippen LogP contribution in [-0.2, 0) is 59.4 Å². The van der Waals surface area contributed by atoms with Gasteiger partial charge < -0.3 is 34.3 Å².